The first-order chi connectivity index (χ1) is 7.99. The zero-order valence-electron chi connectivity index (χ0n) is 10.6. The molecule has 17 heavy (non-hydrogen) atoms. The second-order valence-electron chi connectivity index (χ2n) is 4.35. The lowest BCUT2D eigenvalue weighted by Crippen LogP contribution is -1.97. The SMILES string of the molecule is CC(=O)CCC(=O)/C=C/c1ccc(C)c(C)c1. The normalized spacial score (nSPS) is 10.8. The third kappa shape index (κ3) is 4.77. The Morgan fingerprint density at radius 1 is 1.12 bits per heavy atom. The summed E-state index contributed by atoms with van der Waals surface area (Å²) in [6.45, 7) is 5.60. The van der Waals surface area contributed by atoms with E-state index < -0.39 is 0 Å². The number of ketones is 2. The Kier molecular flexibility index (Phi) is 4.83. The highest BCUT2D eigenvalue weighted by Crippen LogP contribution is 2.11. The molecule has 0 aliphatic rings. The summed E-state index contributed by atoms with van der Waals surface area (Å²) in [5.74, 6) is 0.0522. The second-order valence-corrected chi connectivity index (χ2v) is 4.35. The van der Waals surface area contributed by atoms with Crippen molar-refractivity contribution in [2.75, 3.05) is 0 Å². The number of Topliss-reactive ketones (excluding diaryl/α,β-unsaturated/α-hetero) is 1. The van der Waals surface area contributed by atoms with Crippen molar-refractivity contribution in [1.29, 1.82) is 0 Å². The summed E-state index contributed by atoms with van der Waals surface area (Å²) in [5.41, 5.74) is 3.47. The number of hydrogen-bond acceptors (Lipinski definition) is 2. The number of rotatable bonds is 5. The van der Waals surface area contributed by atoms with Gasteiger partial charge in [-0.05, 0) is 43.5 Å². The minimum Gasteiger partial charge on any atom is -0.300 e. The molecule has 0 radical (unpaired) electrons. The Bertz CT molecular complexity index is 456. The monoisotopic (exact) mass is 230 g/mol. The molecule has 0 amide bonds. The van der Waals surface area contributed by atoms with Gasteiger partial charge in [-0.1, -0.05) is 24.3 Å². The molecular weight excluding hydrogens is 212 g/mol. The van der Waals surface area contributed by atoms with Crippen LogP contribution >= 0.6 is 0 Å². The van der Waals surface area contributed by atoms with Crippen molar-refractivity contribution in [2.45, 2.75) is 33.6 Å². The van der Waals surface area contributed by atoms with Crippen LogP contribution in [0.1, 0.15) is 36.5 Å². The van der Waals surface area contributed by atoms with E-state index in [0.717, 1.165) is 5.56 Å². The third-order valence-corrected chi connectivity index (χ3v) is 2.72. The maximum Gasteiger partial charge on any atom is 0.156 e. The fourth-order valence-electron chi connectivity index (χ4n) is 1.44. The van der Waals surface area contributed by atoms with Gasteiger partial charge in [-0.15, -0.1) is 0 Å². The van der Waals surface area contributed by atoms with E-state index >= 15 is 0 Å². The molecule has 1 aromatic carbocycles. The molecule has 0 saturated carbocycles. The molecule has 0 N–H and O–H groups in total. The van der Waals surface area contributed by atoms with Crippen LogP contribution in [0.25, 0.3) is 6.08 Å². The number of allylic oxidation sites excluding steroid dienone is 1. The van der Waals surface area contributed by atoms with Gasteiger partial charge >= 0.3 is 0 Å². The van der Waals surface area contributed by atoms with Crippen molar-refractivity contribution < 1.29 is 9.59 Å². The number of aryl methyl sites for hydroxylation is 2. The van der Waals surface area contributed by atoms with Crippen LogP contribution in [0.2, 0.25) is 0 Å². The van der Waals surface area contributed by atoms with E-state index in [2.05, 4.69) is 6.92 Å². The van der Waals surface area contributed by atoms with Gasteiger partial charge in [0.25, 0.3) is 0 Å². The number of carbonyl (C=O) groups excluding carboxylic acids is 2. The van der Waals surface area contributed by atoms with Gasteiger partial charge in [-0.25, -0.2) is 0 Å². The molecule has 0 aliphatic heterocycles. The summed E-state index contributed by atoms with van der Waals surface area (Å²) in [6, 6.07) is 6.07. The molecule has 2 heteroatoms. The minimum atomic E-state index is -0.00146. The molecule has 0 spiro atoms. The summed E-state index contributed by atoms with van der Waals surface area (Å²) in [4.78, 5) is 22.2. The predicted molar refractivity (Wildman–Crippen MR) is 69.9 cm³/mol. The first-order valence-corrected chi connectivity index (χ1v) is 5.76. The zero-order valence-corrected chi connectivity index (χ0v) is 10.6. The lowest BCUT2D eigenvalue weighted by molar-refractivity contribution is -0.120. The van der Waals surface area contributed by atoms with E-state index in [-0.39, 0.29) is 11.6 Å². The van der Waals surface area contributed by atoms with Crippen LogP contribution in [0.15, 0.2) is 24.3 Å². The average molecular weight is 230 g/mol. The zero-order chi connectivity index (χ0) is 12.8. The van der Waals surface area contributed by atoms with Gasteiger partial charge < -0.3 is 4.79 Å². The fourth-order valence-corrected chi connectivity index (χ4v) is 1.44. The standard InChI is InChI=1S/C15H18O2/c1-11-4-6-14(10-12(11)2)7-9-15(17)8-5-13(3)16/h4,6-7,9-10H,5,8H2,1-3H3/b9-7+. The molecular formula is C15H18O2. The third-order valence-electron chi connectivity index (χ3n) is 2.72. The van der Waals surface area contributed by atoms with Gasteiger partial charge in [0, 0.05) is 12.8 Å². The molecule has 90 valence electrons. The topological polar surface area (TPSA) is 34.1 Å². The number of carbonyl (C=O) groups is 2. The lowest BCUT2D eigenvalue weighted by atomic mass is 10.1. The van der Waals surface area contributed by atoms with E-state index in [0.29, 0.717) is 12.8 Å². The Balaban J connectivity index is 2.61. The Morgan fingerprint density at radius 2 is 1.82 bits per heavy atom. The summed E-state index contributed by atoms with van der Waals surface area (Å²) >= 11 is 0. The maximum atomic E-state index is 11.4. The molecule has 0 atom stereocenters. The van der Waals surface area contributed by atoms with E-state index in [9.17, 15) is 9.59 Å². The van der Waals surface area contributed by atoms with Gasteiger partial charge in [0.15, 0.2) is 5.78 Å². The van der Waals surface area contributed by atoms with Crippen LogP contribution in [0.4, 0.5) is 0 Å². The van der Waals surface area contributed by atoms with Crippen molar-refractivity contribution in [3.8, 4) is 0 Å². The second kappa shape index (κ2) is 6.14. The van der Waals surface area contributed by atoms with E-state index in [1.807, 2.05) is 25.1 Å². The number of hydrogen-bond donors (Lipinski definition) is 0. The van der Waals surface area contributed by atoms with Gasteiger partial charge in [-0.3, -0.25) is 4.79 Å². The molecule has 0 bridgehead atoms. The van der Waals surface area contributed by atoms with Crippen LogP contribution < -0.4 is 0 Å². The van der Waals surface area contributed by atoms with Gasteiger partial charge in [0.1, 0.15) is 5.78 Å². The van der Waals surface area contributed by atoms with Crippen LogP contribution in [-0.2, 0) is 9.59 Å². The highest BCUT2D eigenvalue weighted by atomic mass is 16.1. The van der Waals surface area contributed by atoms with Crippen molar-refractivity contribution in [1.82, 2.24) is 0 Å². The van der Waals surface area contributed by atoms with Crippen LogP contribution in [0.5, 0.6) is 0 Å². The fraction of sp³-hybridized carbons (Fsp3) is 0.333. The molecule has 0 heterocycles. The molecule has 1 rings (SSSR count). The van der Waals surface area contributed by atoms with Crippen molar-refractivity contribution >= 4 is 17.6 Å². The predicted octanol–water partition coefficient (Wildman–Crippen LogP) is 3.25. The number of benzene rings is 1. The molecule has 0 saturated heterocycles. The van der Waals surface area contributed by atoms with Crippen molar-refractivity contribution in [2.24, 2.45) is 0 Å². The van der Waals surface area contributed by atoms with Crippen LogP contribution in [0, 0.1) is 13.8 Å². The lowest BCUT2D eigenvalue weighted by Gasteiger charge is -2.00. The minimum absolute atomic E-state index is 0.00146. The summed E-state index contributed by atoms with van der Waals surface area (Å²) in [6.07, 6.45) is 3.98. The van der Waals surface area contributed by atoms with Crippen molar-refractivity contribution in [3.63, 3.8) is 0 Å². The summed E-state index contributed by atoms with van der Waals surface area (Å²) < 4.78 is 0. The molecule has 1 aromatic rings. The molecule has 0 unspecified atom stereocenters. The molecule has 0 fully saturated rings. The van der Waals surface area contributed by atoms with E-state index in [1.165, 1.54) is 18.1 Å². The first kappa shape index (κ1) is 13.4. The van der Waals surface area contributed by atoms with Crippen LogP contribution in [-0.4, -0.2) is 11.6 Å². The van der Waals surface area contributed by atoms with Gasteiger partial charge in [0.2, 0.25) is 0 Å². The summed E-state index contributed by atoms with van der Waals surface area (Å²) in [7, 11) is 0. The highest BCUT2D eigenvalue weighted by Gasteiger charge is 2.00. The maximum absolute atomic E-state index is 11.4. The van der Waals surface area contributed by atoms with E-state index in [4.69, 9.17) is 0 Å². The van der Waals surface area contributed by atoms with Crippen LogP contribution in [0.3, 0.4) is 0 Å². The van der Waals surface area contributed by atoms with E-state index in [1.54, 1.807) is 12.2 Å². The Labute approximate surface area is 102 Å². The van der Waals surface area contributed by atoms with Gasteiger partial charge in [-0.2, -0.15) is 0 Å². The Morgan fingerprint density at radius 3 is 2.41 bits per heavy atom. The quantitative estimate of drug-likeness (QED) is 0.728. The molecule has 2 nitrogen and oxygen atoms in total. The average Bonchev–Trinajstić information content (AvgIpc) is 2.28. The summed E-state index contributed by atoms with van der Waals surface area (Å²) in [5, 5.41) is 0. The smallest absolute Gasteiger partial charge is 0.156 e. The largest absolute Gasteiger partial charge is 0.300 e. The Hall–Kier alpha value is -1.70. The highest BCUT2D eigenvalue weighted by molar-refractivity contribution is 5.95. The van der Waals surface area contributed by atoms with Gasteiger partial charge in [0.05, 0.1) is 0 Å². The first-order valence-electron chi connectivity index (χ1n) is 5.76. The van der Waals surface area contributed by atoms with Crippen molar-refractivity contribution in [3.05, 3.63) is 41.0 Å². The molecule has 0 aliphatic carbocycles. The molecule has 0 aromatic heterocycles.